The molecular weight excluding hydrogens is 248 g/mol. The van der Waals surface area contributed by atoms with Gasteiger partial charge in [0.2, 0.25) is 5.91 Å². The molecule has 1 amide bonds. The first-order valence-electron chi connectivity index (χ1n) is 6.86. The maximum atomic E-state index is 13.4. The van der Waals surface area contributed by atoms with Crippen LogP contribution in [0.5, 0.6) is 0 Å². The fourth-order valence-corrected chi connectivity index (χ4v) is 3.66. The zero-order valence-corrected chi connectivity index (χ0v) is 10.7. The van der Waals surface area contributed by atoms with Crippen LogP contribution >= 0.6 is 0 Å². The van der Waals surface area contributed by atoms with Gasteiger partial charge < -0.3 is 5.32 Å². The molecule has 0 saturated heterocycles. The number of benzene rings is 1. The van der Waals surface area contributed by atoms with Gasteiger partial charge in [0.25, 0.3) is 0 Å². The summed E-state index contributed by atoms with van der Waals surface area (Å²) in [5.74, 6) is 0.526. The van der Waals surface area contributed by atoms with Gasteiger partial charge in [-0.2, -0.15) is 0 Å². The predicted molar refractivity (Wildman–Crippen MR) is 68.5 cm³/mol. The Morgan fingerprint density at radius 1 is 1.26 bits per heavy atom. The fraction of sp³-hybridized carbons (Fsp3) is 0.533. The lowest BCUT2D eigenvalue weighted by Crippen LogP contribution is -2.20. The van der Waals surface area contributed by atoms with Crippen LogP contribution in [-0.2, 0) is 4.79 Å². The van der Waals surface area contributed by atoms with Crippen LogP contribution in [0.4, 0.5) is 14.5 Å². The van der Waals surface area contributed by atoms with Crippen LogP contribution in [0.15, 0.2) is 18.2 Å². The monoisotopic (exact) mass is 265 g/mol. The van der Waals surface area contributed by atoms with E-state index in [4.69, 9.17) is 0 Å². The van der Waals surface area contributed by atoms with Gasteiger partial charge in [-0.1, -0.05) is 6.42 Å². The summed E-state index contributed by atoms with van der Waals surface area (Å²) in [5, 5.41) is 2.48. The summed E-state index contributed by atoms with van der Waals surface area (Å²) in [4.78, 5) is 11.9. The molecule has 3 atom stereocenters. The van der Waals surface area contributed by atoms with Crippen LogP contribution in [0.1, 0.15) is 32.1 Å². The van der Waals surface area contributed by atoms with Crippen LogP contribution < -0.4 is 5.32 Å². The molecular formula is C15H17F2NO. The van der Waals surface area contributed by atoms with E-state index in [2.05, 4.69) is 5.32 Å². The molecule has 2 bridgehead atoms. The van der Waals surface area contributed by atoms with E-state index >= 15 is 0 Å². The lowest BCUT2D eigenvalue weighted by Gasteiger charge is -2.20. The van der Waals surface area contributed by atoms with E-state index < -0.39 is 11.6 Å². The average Bonchev–Trinajstić information content (AvgIpc) is 2.96. The molecule has 1 aromatic carbocycles. The van der Waals surface area contributed by atoms with Crippen molar-refractivity contribution in [2.24, 2.45) is 17.8 Å². The third kappa shape index (κ3) is 2.62. The second-order valence-corrected chi connectivity index (χ2v) is 5.81. The van der Waals surface area contributed by atoms with E-state index in [1.165, 1.54) is 19.3 Å². The van der Waals surface area contributed by atoms with E-state index in [0.717, 1.165) is 30.5 Å². The quantitative estimate of drug-likeness (QED) is 0.886. The predicted octanol–water partition coefficient (Wildman–Crippen LogP) is 3.73. The Hall–Kier alpha value is -1.45. The highest BCUT2D eigenvalue weighted by Gasteiger charge is 2.40. The Morgan fingerprint density at radius 3 is 2.79 bits per heavy atom. The van der Waals surface area contributed by atoms with Crippen molar-refractivity contribution in [3.8, 4) is 0 Å². The highest BCUT2D eigenvalue weighted by molar-refractivity contribution is 5.91. The van der Waals surface area contributed by atoms with Crippen LogP contribution in [-0.4, -0.2) is 5.91 Å². The first kappa shape index (κ1) is 12.6. The molecule has 2 aliphatic rings. The molecule has 0 unspecified atom stereocenters. The summed E-state index contributed by atoms with van der Waals surface area (Å²) in [7, 11) is 0. The van der Waals surface area contributed by atoms with Crippen LogP contribution in [0.25, 0.3) is 0 Å². The highest BCUT2D eigenvalue weighted by atomic mass is 19.1. The molecule has 19 heavy (non-hydrogen) atoms. The largest absolute Gasteiger partial charge is 0.324 e. The summed E-state index contributed by atoms with van der Waals surface area (Å²) in [5.41, 5.74) is -0.0619. The fourth-order valence-electron chi connectivity index (χ4n) is 3.66. The smallest absolute Gasteiger partial charge is 0.224 e. The first-order chi connectivity index (χ1) is 9.11. The van der Waals surface area contributed by atoms with Crippen LogP contribution in [0, 0.1) is 29.4 Å². The Labute approximate surface area is 111 Å². The van der Waals surface area contributed by atoms with Crippen molar-refractivity contribution in [2.45, 2.75) is 32.1 Å². The zero-order valence-electron chi connectivity index (χ0n) is 10.7. The molecule has 2 aliphatic carbocycles. The number of halogens is 2. The Balaban J connectivity index is 1.61. The SMILES string of the molecule is O=C(C[C@H]1C[C@H]2CC[C@@H]1C2)Nc1cc(F)ccc1F. The van der Waals surface area contributed by atoms with Gasteiger partial charge in [0.1, 0.15) is 11.6 Å². The second kappa shape index (κ2) is 4.91. The summed E-state index contributed by atoms with van der Waals surface area (Å²) in [6.45, 7) is 0. The van der Waals surface area contributed by atoms with Crippen molar-refractivity contribution in [3.63, 3.8) is 0 Å². The molecule has 0 heterocycles. The van der Waals surface area contributed by atoms with E-state index in [1.54, 1.807) is 0 Å². The second-order valence-electron chi connectivity index (χ2n) is 5.81. The van der Waals surface area contributed by atoms with Crippen molar-refractivity contribution < 1.29 is 13.6 Å². The molecule has 0 spiro atoms. The van der Waals surface area contributed by atoms with Gasteiger partial charge in [-0.05, 0) is 49.1 Å². The number of carbonyl (C=O) groups is 1. The highest BCUT2D eigenvalue weighted by Crippen LogP contribution is 2.49. The molecule has 102 valence electrons. The molecule has 1 aromatic rings. The Morgan fingerprint density at radius 2 is 2.11 bits per heavy atom. The summed E-state index contributed by atoms with van der Waals surface area (Å²) in [6.07, 6.45) is 5.30. The normalized spacial score (nSPS) is 28.6. The van der Waals surface area contributed by atoms with E-state index in [-0.39, 0.29) is 11.6 Å². The van der Waals surface area contributed by atoms with Gasteiger partial charge >= 0.3 is 0 Å². The van der Waals surface area contributed by atoms with Gasteiger partial charge in [0.15, 0.2) is 0 Å². The third-order valence-corrected chi connectivity index (χ3v) is 4.53. The molecule has 1 N–H and O–H groups in total. The van der Waals surface area contributed by atoms with E-state index in [9.17, 15) is 13.6 Å². The number of anilines is 1. The van der Waals surface area contributed by atoms with Gasteiger partial charge in [-0.15, -0.1) is 0 Å². The summed E-state index contributed by atoms with van der Waals surface area (Å²) in [6, 6.07) is 3.09. The molecule has 0 radical (unpaired) electrons. The van der Waals surface area contributed by atoms with E-state index in [0.29, 0.717) is 18.3 Å². The van der Waals surface area contributed by atoms with Crippen LogP contribution in [0.3, 0.4) is 0 Å². The molecule has 2 nitrogen and oxygen atoms in total. The first-order valence-corrected chi connectivity index (χ1v) is 6.86. The lowest BCUT2D eigenvalue weighted by molar-refractivity contribution is -0.117. The summed E-state index contributed by atoms with van der Waals surface area (Å²) >= 11 is 0. The van der Waals surface area contributed by atoms with Crippen molar-refractivity contribution >= 4 is 11.6 Å². The van der Waals surface area contributed by atoms with Gasteiger partial charge in [0.05, 0.1) is 5.69 Å². The number of nitrogens with one attached hydrogen (secondary N) is 1. The number of carbonyl (C=O) groups excluding carboxylic acids is 1. The Bertz CT molecular complexity index is 503. The molecule has 0 aliphatic heterocycles. The molecule has 2 fully saturated rings. The van der Waals surface area contributed by atoms with Crippen molar-refractivity contribution in [2.75, 3.05) is 5.32 Å². The molecule has 0 aromatic heterocycles. The van der Waals surface area contributed by atoms with E-state index in [1.807, 2.05) is 0 Å². The van der Waals surface area contributed by atoms with Crippen molar-refractivity contribution in [3.05, 3.63) is 29.8 Å². The molecule has 3 rings (SSSR count). The molecule has 2 saturated carbocycles. The number of hydrogen-bond donors (Lipinski definition) is 1. The number of rotatable bonds is 3. The maximum absolute atomic E-state index is 13.4. The number of hydrogen-bond acceptors (Lipinski definition) is 1. The van der Waals surface area contributed by atoms with Gasteiger partial charge in [-0.25, -0.2) is 8.78 Å². The van der Waals surface area contributed by atoms with Crippen molar-refractivity contribution in [1.82, 2.24) is 0 Å². The standard InChI is InChI=1S/C15H17F2NO/c16-12-3-4-13(17)14(8-12)18-15(19)7-11-6-9-1-2-10(11)5-9/h3-4,8-11H,1-2,5-7H2,(H,18,19)/t9-,10+,11+/m0/s1. The number of amides is 1. The average molecular weight is 265 g/mol. The Kier molecular flexibility index (Phi) is 3.25. The number of fused-ring (bicyclic) bond motifs is 2. The minimum absolute atomic E-state index is 0.0619. The minimum Gasteiger partial charge on any atom is -0.324 e. The third-order valence-electron chi connectivity index (χ3n) is 4.53. The maximum Gasteiger partial charge on any atom is 0.224 e. The van der Waals surface area contributed by atoms with Gasteiger partial charge in [-0.3, -0.25) is 4.79 Å². The molecule has 4 heteroatoms. The summed E-state index contributed by atoms with van der Waals surface area (Å²) < 4.78 is 26.4. The topological polar surface area (TPSA) is 29.1 Å². The zero-order chi connectivity index (χ0) is 13.4. The minimum atomic E-state index is -0.595. The van der Waals surface area contributed by atoms with Crippen LogP contribution in [0.2, 0.25) is 0 Å². The van der Waals surface area contributed by atoms with Crippen molar-refractivity contribution in [1.29, 1.82) is 0 Å². The lowest BCUT2D eigenvalue weighted by atomic mass is 9.86. The van der Waals surface area contributed by atoms with Gasteiger partial charge in [0, 0.05) is 12.5 Å².